The van der Waals surface area contributed by atoms with Crippen molar-refractivity contribution in [1.82, 2.24) is 4.57 Å². The second-order valence-electron chi connectivity index (χ2n) is 17.8. The molecule has 10 rings (SSSR count). The first-order valence-electron chi connectivity index (χ1n) is 20.0. The highest BCUT2D eigenvalue weighted by Crippen LogP contribution is 2.51. The summed E-state index contributed by atoms with van der Waals surface area (Å²) >= 11 is 0. The number of nitrogens with zero attached hydrogens (tertiary/aromatic N) is 2. The number of halogens is 1. The summed E-state index contributed by atoms with van der Waals surface area (Å²) in [5.74, 6) is -0.228. The van der Waals surface area contributed by atoms with Gasteiger partial charge in [0.1, 0.15) is 5.82 Å². The highest BCUT2D eigenvalue weighted by molar-refractivity contribution is 6.10. The third kappa shape index (κ3) is 5.28. The second kappa shape index (κ2) is 12.3. The van der Waals surface area contributed by atoms with Crippen LogP contribution in [-0.2, 0) is 16.2 Å². The standard InChI is InChI=1S/C53H47FN2/c1-51(2)29-30-52(3,4)48-32-39(25-28-46(48)51)56-49-14-10-8-12-43(49)44-27-24-40(33-50(44)56)55(37-21-17-35(18-22-37)34-15-19-36(54)20-16-34)38-23-26-42-41-11-7-9-13-45(41)53(5,6)47(42)31-38/h7-28,31-33H,29-30H2,1-6H3. The summed E-state index contributed by atoms with van der Waals surface area (Å²) in [4.78, 5) is 2.40. The van der Waals surface area contributed by atoms with Gasteiger partial charge in [-0.3, -0.25) is 0 Å². The van der Waals surface area contributed by atoms with E-state index < -0.39 is 0 Å². The molecule has 0 amide bonds. The molecule has 0 fully saturated rings. The van der Waals surface area contributed by atoms with Crippen molar-refractivity contribution in [1.29, 1.82) is 0 Å². The van der Waals surface area contributed by atoms with Gasteiger partial charge in [0, 0.05) is 38.9 Å². The molecule has 0 atom stereocenters. The van der Waals surface area contributed by atoms with Gasteiger partial charge in [0.15, 0.2) is 0 Å². The molecular weight excluding hydrogens is 684 g/mol. The van der Waals surface area contributed by atoms with Gasteiger partial charge in [-0.25, -0.2) is 4.39 Å². The van der Waals surface area contributed by atoms with Crippen LogP contribution in [0.4, 0.5) is 21.5 Å². The van der Waals surface area contributed by atoms with Crippen LogP contribution in [0.2, 0.25) is 0 Å². The Morgan fingerprint density at radius 2 is 1.05 bits per heavy atom. The molecule has 0 radical (unpaired) electrons. The number of benzene rings is 7. The molecular formula is C53H47FN2. The van der Waals surface area contributed by atoms with E-state index in [2.05, 4.69) is 178 Å². The summed E-state index contributed by atoms with van der Waals surface area (Å²) in [6.45, 7) is 14.3. The van der Waals surface area contributed by atoms with Crippen LogP contribution in [0.15, 0.2) is 152 Å². The molecule has 0 spiro atoms. The molecule has 276 valence electrons. The third-order valence-corrected chi connectivity index (χ3v) is 13.1. The van der Waals surface area contributed by atoms with Gasteiger partial charge in [-0.1, -0.05) is 126 Å². The van der Waals surface area contributed by atoms with Crippen LogP contribution >= 0.6 is 0 Å². The average molecular weight is 731 g/mol. The molecule has 0 saturated heterocycles. The smallest absolute Gasteiger partial charge is 0.123 e. The Hall–Kier alpha value is -5.93. The lowest BCUT2D eigenvalue weighted by atomic mass is 9.63. The molecule has 2 nitrogen and oxygen atoms in total. The van der Waals surface area contributed by atoms with Crippen molar-refractivity contribution in [3.8, 4) is 27.9 Å². The first kappa shape index (κ1) is 34.6. The molecule has 56 heavy (non-hydrogen) atoms. The lowest BCUT2D eigenvalue weighted by molar-refractivity contribution is 0.332. The van der Waals surface area contributed by atoms with Gasteiger partial charge in [-0.15, -0.1) is 0 Å². The van der Waals surface area contributed by atoms with Crippen molar-refractivity contribution in [3.63, 3.8) is 0 Å². The van der Waals surface area contributed by atoms with Crippen molar-refractivity contribution >= 4 is 38.9 Å². The van der Waals surface area contributed by atoms with Crippen LogP contribution in [0.25, 0.3) is 49.7 Å². The monoisotopic (exact) mass is 730 g/mol. The van der Waals surface area contributed by atoms with Gasteiger partial charge in [0.2, 0.25) is 0 Å². The van der Waals surface area contributed by atoms with Crippen LogP contribution in [0, 0.1) is 5.82 Å². The van der Waals surface area contributed by atoms with Crippen molar-refractivity contribution in [3.05, 3.63) is 180 Å². The van der Waals surface area contributed by atoms with Gasteiger partial charge < -0.3 is 9.47 Å². The van der Waals surface area contributed by atoms with Gasteiger partial charge >= 0.3 is 0 Å². The van der Waals surface area contributed by atoms with E-state index in [9.17, 15) is 4.39 Å². The molecule has 7 aromatic carbocycles. The fraction of sp³-hybridized carbons (Fsp3) is 0.208. The Morgan fingerprint density at radius 3 is 1.82 bits per heavy atom. The fourth-order valence-electron chi connectivity index (χ4n) is 9.82. The second-order valence-corrected chi connectivity index (χ2v) is 17.8. The van der Waals surface area contributed by atoms with Gasteiger partial charge in [0.05, 0.1) is 11.0 Å². The Bertz CT molecular complexity index is 2830. The van der Waals surface area contributed by atoms with E-state index in [0.717, 1.165) is 28.2 Å². The van der Waals surface area contributed by atoms with Crippen LogP contribution in [0.1, 0.15) is 76.6 Å². The molecule has 0 unspecified atom stereocenters. The van der Waals surface area contributed by atoms with Crippen molar-refractivity contribution in [2.75, 3.05) is 4.90 Å². The fourth-order valence-corrected chi connectivity index (χ4v) is 9.82. The lowest BCUT2D eigenvalue weighted by Crippen LogP contribution is -2.33. The van der Waals surface area contributed by atoms with Crippen molar-refractivity contribution < 1.29 is 4.39 Å². The Balaban J connectivity index is 1.18. The Morgan fingerprint density at radius 1 is 0.464 bits per heavy atom. The number of hydrogen-bond acceptors (Lipinski definition) is 1. The lowest BCUT2D eigenvalue weighted by Gasteiger charge is -2.42. The van der Waals surface area contributed by atoms with Crippen LogP contribution in [-0.4, -0.2) is 4.57 Å². The Kier molecular flexibility index (Phi) is 7.58. The predicted octanol–water partition coefficient (Wildman–Crippen LogP) is 14.7. The third-order valence-electron chi connectivity index (χ3n) is 13.1. The van der Waals surface area contributed by atoms with E-state index in [1.807, 2.05) is 12.1 Å². The Labute approximate surface area is 329 Å². The molecule has 0 N–H and O–H groups in total. The number of rotatable bonds is 5. The molecule has 2 aliphatic rings. The number of hydrogen-bond donors (Lipinski definition) is 0. The quantitative estimate of drug-likeness (QED) is 0.171. The van der Waals surface area contributed by atoms with E-state index >= 15 is 0 Å². The summed E-state index contributed by atoms with van der Waals surface area (Å²) in [6, 6.07) is 54.2. The SMILES string of the molecule is CC1(C)CCC(C)(C)c2cc(-n3c4ccccc4c4ccc(N(c5ccc(-c6ccc(F)cc6)cc5)c5ccc6c(c5)C(C)(C)c5ccccc5-6)cc43)ccc21. The number of fused-ring (bicyclic) bond motifs is 7. The van der Waals surface area contributed by atoms with Crippen molar-refractivity contribution in [2.24, 2.45) is 0 Å². The molecule has 0 bridgehead atoms. The van der Waals surface area contributed by atoms with E-state index in [4.69, 9.17) is 0 Å². The van der Waals surface area contributed by atoms with Crippen LogP contribution < -0.4 is 4.90 Å². The summed E-state index contributed by atoms with van der Waals surface area (Å²) in [5.41, 5.74) is 17.2. The molecule has 3 heteroatoms. The molecule has 0 saturated carbocycles. The molecule has 0 aliphatic heterocycles. The van der Waals surface area contributed by atoms with E-state index in [0.29, 0.717) is 0 Å². The topological polar surface area (TPSA) is 8.17 Å². The maximum absolute atomic E-state index is 13.8. The van der Waals surface area contributed by atoms with Crippen molar-refractivity contribution in [2.45, 2.75) is 70.6 Å². The summed E-state index contributed by atoms with van der Waals surface area (Å²) in [6.07, 6.45) is 2.36. The first-order valence-corrected chi connectivity index (χ1v) is 20.0. The van der Waals surface area contributed by atoms with E-state index in [1.54, 1.807) is 0 Å². The van der Waals surface area contributed by atoms with Gasteiger partial charge in [-0.2, -0.15) is 0 Å². The van der Waals surface area contributed by atoms with E-state index in [1.165, 1.54) is 85.8 Å². The highest BCUT2D eigenvalue weighted by Gasteiger charge is 2.38. The van der Waals surface area contributed by atoms with Gasteiger partial charge in [0.25, 0.3) is 0 Å². The highest BCUT2D eigenvalue weighted by atomic mass is 19.1. The molecule has 1 aromatic heterocycles. The van der Waals surface area contributed by atoms with Gasteiger partial charge in [-0.05, 0) is 135 Å². The number of anilines is 3. The van der Waals surface area contributed by atoms with Crippen LogP contribution in [0.3, 0.4) is 0 Å². The minimum Gasteiger partial charge on any atom is -0.310 e. The minimum absolute atomic E-state index is 0.0999. The first-order chi connectivity index (χ1) is 26.9. The minimum atomic E-state index is -0.228. The summed E-state index contributed by atoms with van der Waals surface area (Å²) in [7, 11) is 0. The molecule has 1 heterocycles. The largest absolute Gasteiger partial charge is 0.310 e. The molecule has 8 aromatic rings. The normalized spacial score (nSPS) is 16.1. The summed E-state index contributed by atoms with van der Waals surface area (Å²) < 4.78 is 16.3. The molecule has 2 aliphatic carbocycles. The zero-order chi connectivity index (χ0) is 38.6. The van der Waals surface area contributed by atoms with Crippen LogP contribution in [0.5, 0.6) is 0 Å². The zero-order valence-corrected chi connectivity index (χ0v) is 33.1. The number of aromatic nitrogens is 1. The average Bonchev–Trinajstić information content (AvgIpc) is 3.65. The van der Waals surface area contributed by atoms with E-state index in [-0.39, 0.29) is 22.1 Å². The maximum Gasteiger partial charge on any atom is 0.123 e. The number of para-hydroxylation sites is 1. The predicted molar refractivity (Wildman–Crippen MR) is 234 cm³/mol. The maximum atomic E-state index is 13.8. The summed E-state index contributed by atoms with van der Waals surface area (Å²) in [5, 5.41) is 2.48. The zero-order valence-electron chi connectivity index (χ0n) is 33.1.